The first-order valence-corrected chi connectivity index (χ1v) is 13.4. The number of pyridine rings is 2. The lowest BCUT2D eigenvalue weighted by Gasteiger charge is -2.28. The Balaban J connectivity index is 1.71. The number of hydrogen-bond donors (Lipinski definition) is 3. The number of aromatic nitrogens is 2. The van der Waals surface area contributed by atoms with Gasteiger partial charge in [0.05, 0.1) is 29.1 Å². The van der Waals surface area contributed by atoms with Crippen molar-refractivity contribution >= 4 is 40.1 Å². The number of nitrogens with zero attached hydrogens (tertiary/aromatic N) is 2. The quantitative estimate of drug-likeness (QED) is 0.138. The first-order chi connectivity index (χ1) is 20.1. The SMILES string of the molecule is C[C@H](CC(=O)OC(C)(C)C)[C@H](Nc1nc(Nc2ccc3ncccc3c2)c(C(N)=O)cc1F)c1ccc(C(F)(F)F)cc1. The van der Waals surface area contributed by atoms with Gasteiger partial charge in [-0.25, -0.2) is 9.37 Å². The highest BCUT2D eigenvalue weighted by atomic mass is 19.4. The zero-order valence-corrected chi connectivity index (χ0v) is 23.9. The predicted octanol–water partition coefficient (Wildman–Crippen LogP) is 7.15. The van der Waals surface area contributed by atoms with Crippen molar-refractivity contribution in [3.8, 4) is 0 Å². The summed E-state index contributed by atoms with van der Waals surface area (Å²) < 4.78 is 60.5. The number of fused-ring (bicyclic) bond motifs is 1. The number of benzene rings is 2. The molecule has 0 fully saturated rings. The van der Waals surface area contributed by atoms with Gasteiger partial charge in [0.25, 0.3) is 5.91 Å². The van der Waals surface area contributed by atoms with E-state index in [1.165, 1.54) is 12.1 Å². The molecule has 0 unspecified atom stereocenters. The number of primary amides is 1. The largest absolute Gasteiger partial charge is 0.460 e. The molecule has 0 aliphatic carbocycles. The van der Waals surface area contributed by atoms with E-state index in [2.05, 4.69) is 20.6 Å². The number of alkyl halides is 3. The summed E-state index contributed by atoms with van der Waals surface area (Å²) in [6.45, 7) is 6.81. The maximum Gasteiger partial charge on any atom is 0.416 e. The van der Waals surface area contributed by atoms with Crippen LogP contribution in [0.4, 0.5) is 34.9 Å². The van der Waals surface area contributed by atoms with Gasteiger partial charge in [0.2, 0.25) is 0 Å². The minimum absolute atomic E-state index is 0.0504. The molecular formula is C31H31F4N5O3. The van der Waals surface area contributed by atoms with Crippen LogP contribution < -0.4 is 16.4 Å². The van der Waals surface area contributed by atoms with Crippen LogP contribution in [0.3, 0.4) is 0 Å². The minimum atomic E-state index is -4.55. The predicted molar refractivity (Wildman–Crippen MR) is 155 cm³/mol. The first-order valence-electron chi connectivity index (χ1n) is 13.4. The molecule has 43 heavy (non-hydrogen) atoms. The summed E-state index contributed by atoms with van der Waals surface area (Å²) in [6.07, 6.45) is -3.04. The highest BCUT2D eigenvalue weighted by molar-refractivity contribution is 5.99. The normalized spacial score (nSPS) is 13.3. The van der Waals surface area contributed by atoms with Crippen LogP contribution >= 0.6 is 0 Å². The molecule has 4 aromatic rings. The molecule has 0 radical (unpaired) electrons. The summed E-state index contributed by atoms with van der Waals surface area (Å²) in [5.41, 5.74) is 5.28. The van der Waals surface area contributed by atoms with Crippen LogP contribution in [0.2, 0.25) is 0 Å². The number of ether oxygens (including phenoxy) is 1. The maximum absolute atomic E-state index is 15.4. The zero-order valence-electron chi connectivity index (χ0n) is 23.9. The third-order valence-corrected chi connectivity index (χ3v) is 6.47. The van der Waals surface area contributed by atoms with E-state index in [1.807, 2.05) is 6.07 Å². The van der Waals surface area contributed by atoms with Gasteiger partial charge in [0.1, 0.15) is 11.4 Å². The number of nitrogens with one attached hydrogen (secondary N) is 2. The summed E-state index contributed by atoms with van der Waals surface area (Å²) in [5, 5.41) is 6.72. The fourth-order valence-electron chi connectivity index (χ4n) is 4.51. The molecule has 0 aliphatic heterocycles. The van der Waals surface area contributed by atoms with Gasteiger partial charge in [-0.05, 0) is 74.7 Å². The fourth-order valence-corrected chi connectivity index (χ4v) is 4.51. The molecule has 226 valence electrons. The van der Waals surface area contributed by atoms with Crippen LogP contribution in [0, 0.1) is 11.7 Å². The second-order valence-electron chi connectivity index (χ2n) is 11.1. The molecule has 0 saturated carbocycles. The van der Waals surface area contributed by atoms with Crippen LogP contribution in [-0.2, 0) is 15.7 Å². The summed E-state index contributed by atoms with van der Waals surface area (Å²) >= 11 is 0. The monoisotopic (exact) mass is 597 g/mol. The van der Waals surface area contributed by atoms with Crippen molar-refractivity contribution in [2.24, 2.45) is 11.7 Å². The Morgan fingerprint density at radius 2 is 1.70 bits per heavy atom. The van der Waals surface area contributed by atoms with E-state index >= 15 is 4.39 Å². The van der Waals surface area contributed by atoms with E-state index in [0.717, 1.165) is 29.1 Å². The van der Waals surface area contributed by atoms with E-state index in [4.69, 9.17) is 10.5 Å². The van der Waals surface area contributed by atoms with E-state index < -0.39 is 47.0 Å². The number of esters is 1. The molecule has 0 spiro atoms. The maximum atomic E-state index is 15.4. The molecule has 12 heteroatoms. The Hall–Kier alpha value is -4.74. The second-order valence-corrected chi connectivity index (χ2v) is 11.1. The summed E-state index contributed by atoms with van der Waals surface area (Å²) in [7, 11) is 0. The molecule has 0 bridgehead atoms. The van der Waals surface area contributed by atoms with Crippen molar-refractivity contribution in [3.05, 3.63) is 89.4 Å². The highest BCUT2D eigenvalue weighted by Crippen LogP contribution is 2.35. The smallest absolute Gasteiger partial charge is 0.416 e. The standard InChI is InChI=1S/C31H31F4N5O3/c1-17(14-25(41)43-30(2,3)4)26(18-7-9-20(10-8-18)31(33,34)35)39-29-23(32)16-22(27(36)42)28(40-29)38-21-11-12-24-19(15-21)6-5-13-37-24/h5-13,15-17,26H,14H2,1-4H3,(H2,36,42)(H2,38,39,40)/t17-,26+/m1/s1. The third kappa shape index (κ3) is 7.97. The van der Waals surface area contributed by atoms with E-state index in [0.29, 0.717) is 11.3 Å². The second kappa shape index (κ2) is 12.2. The molecule has 2 heterocycles. The van der Waals surface area contributed by atoms with Crippen molar-refractivity contribution in [2.75, 3.05) is 10.6 Å². The van der Waals surface area contributed by atoms with Crippen LogP contribution in [-0.4, -0.2) is 27.4 Å². The molecule has 8 nitrogen and oxygen atoms in total. The van der Waals surface area contributed by atoms with Crippen molar-refractivity contribution in [1.29, 1.82) is 0 Å². The average Bonchev–Trinajstić information content (AvgIpc) is 2.91. The Labute approximate surface area is 245 Å². The van der Waals surface area contributed by atoms with Gasteiger partial charge < -0.3 is 21.1 Å². The fraction of sp³-hybridized carbons (Fsp3) is 0.290. The number of amides is 1. The van der Waals surface area contributed by atoms with Crippen molar-refractivity contribution in [1.82, 2.24) is 9.97 Å². The lowest BCUT2D eigenvalue weighted by molar-refractivity contribution is -0.156. The number of carbonyl (C=O) groups is 2. The van der Waals surface area contributed by atoms with Gasteiger partial charge >= 0.3 is 12.1 Å². The van der Waals surface area contributed by atoms with Gasteiger partial charge in [-0.15, -0.1) is 0 Å². The molecule has 0 saturated heterocycles. The Bertz CT molecular complexity index is 1640. The molecule has 2 atom stereocenters. The molecule has 0 aliphatic rings. The minimum Gasteiger partial charge on any atom is -0.460 e. The van der Waals surface area contributed by atoms with Gasteiger partial charge in [0, 0.05) is 17.3 Å². The number of halogens is 4. The van der Waals surface area contributed by atoms with Gasteiger partial charge in [-0.1, -0.05) is 25.1 Å². The van der Waals surface area contributed by atoms with E-state index in [9.17, 15) is 22.8 Å². The molecule has 4 N–H and O–H groups in total. The van der Waals surface area contributed by atoms with Gasteiger partial charge in [0.15, 0.2) is 11.6 Å². The molecule has 2 aromatic heterocycles. The summed E-state index contributed by atoms with van der Waals surface area (Å²) in [4.78, 5) is 33.4. The zero-order chi connectivity index (χ0) is 31.5. The van der Waals surface area contributed by atoms with E-state index in [-0.39, 0.29) is 23.6 Å². The third-order valence-electron chi connectivity index (χ3n) is 6.47. The summed E-state index contributed by atoms with van der Waals surface area (Å²) in [5.74, 6) is -3.34. The van der Waals surface area contributed by atoms with Crippen molar-refractivity contribution in [3.63, 3.8) is 0 Å². The first kappa shape index (κ1) is 31.2. The lowest BCUT2D eigenvalue weighted by Crippen LogP contribution is -2.28. The summed E-state index contributed by atoms with van der Waals surface area (Å²) in [6, 6.07) is 13.2. The van der Waals surface area contributed by atoms with E-state index in [1.54, 1.807) is 58.2 Å². The Morgan fingerprint density at radius 3 is 2.33 bits per heavy atom. The van der Waals surface area contributed by atoms with Gasteiger partial charge in [-0.3, -0.25) is 14.6 Å². The number of hydrogen-bond acceptors (Lipinski definition) is 7. The Morgan fingerprint density at radius 1 is 1.00 bits per heavy atom. The van der Waals surface area contributed by atoms with Crippen LogP contribution in [0.25, 0.3) is 10.9 Å². The Kier molecular flexibility index (Phi) is 8.88. The average molecular weight is 598 g/mol. The topological polar surface area (TPSA) is 119 Å². The molecule has 2 aromatic carbocycles. The molecule has 1 amide bonds. The van der Waals surface area contributed by atoms with Crippen LogP contribution in [0.5, 0.6) is 0 Å². The lowest BCUT2D eigenvalue weighted by atomic mass is 9.91. The number of anilines is 3. The van der Waals surface area contributed by atoms with Gasteiger partial charge in [-0.2, -0.15) is 13.2 Å². The van der Waals surface area contributed by atoms with Crippen molar-refractivity contribution < 1.29 is 31.9 Å². The highest BCUT2D eigenvalue weighted by Gasteiger charge is 2.32. The van der Waals surface area contributed by atoms with Crippen molar-refractivity contribution in [2.45, 2.75) is 51.9 Å². The van der Waals surface area contributed by atoms with Crippen LogP contribution in [0.15, 0.2) is 66.9 Å². The number of rotatable bonds is 9. The number of nitrogens with two attached hydrogens (primary N) is 1. The van der Waals surface area contributed by atoms with Crippen LogP contribution in [0.1, 0.15) is 61.6 Å². The molecule has 4 rings (SSSR count). The number of carbonyl (C=O) groups excluding carboxylic acids is 2. The molecular weight excluding hydrogens is 566 g/mol.